The summed E-state index contributed by atoms with van der Waals surface area (Å²) in [6.07, 6.45) is 1.39. The first-order valence-electron chi connectivity index (χ1n) is 10.7. The number of nitro benzene ring substituents is 1. The minimum atomic E-state index is -0.688. The van der Waals surface area contributed by atoms with E-state index in [4.69, 9.17) is 44.9 Å². The number of hydrogen-bond acceptors (Lipinski definition) is 7. The molecule has 2 amide bonds. The highest BCUT2D eigenvalue weighted by molar-refractivity contribution is 9.10. The number of thiocarbonyl (C=S) groups is 1. The molecule has 1 saturated heterocycles. The van der Waals surface area contributed by atoms with Gasteiger partial charge in [-0.15, -0.1) is 0 Å². The summed E-state index contributed by atoms with van der Waals surface area (Å²) in [5, 5.41) is 13.5. The van der Waals surface area contributed by atoms with E-state index < -0.39 is 16.7 Å². The van der Waals surface area contributed by atoms with Crippen molar-refractivity contribution in [2.24, 2.45) is 0 Å². The molecule has 0 saturated carbocycles. The molecule has 0 aromatic heterocycles. The Morgan fingerprint density at radius 2 is 1.84 bits per heavy atom. The fraction of sp³-hybridized carbons (Fsp3) is 0.0800. The number of nitrogens with zero attached hydrogens (tertiary/aromatic N) is 2. The second-order valence-electron chi connectivity index (χ2n) is 7.77. The molecule has 1 heterocycles. The molecule has 1 aliphatic heterocycles. The van der Waals surface area contributed by atoms with Gasteiger partial charge in [0.15, 0.2) is 16.6 Å². The van der Waals surface area contributed by atoms with Gasteiger partial charge < -0.3 is 9.47 Å². The molecule has 13 heteroatoms. The van der Waals surface area contributed by atoms with Gasteiger partial charge in [0.25, 0.3) is 17.5 Å². The van der Waals surface area contributed by atoms with Crippen LogP contribution in [0.3, 0.4) is 0 Å². The molecule has 4 rings (SSSR count). The molecule has 0 bridgehead atoms. The van der Waals surface area contributed by atoms with Gasteiger partial charge in [0.05, 0.1) is 27.8 Å². The van der Waals surface area contributed by atoms with Gasteiger partial charge in [0, 0.05) is 16.6 Å². The monoisotopic (exact) mass is 635 g/mol. The molecule has 1 N–H and O–H groups in total. The number of anilines is 1. The number of carbonyl (C=O) groups is 2. The Labute approximate surface area is 240 Å². The van der Waals surface area contributed by atoms with E-state index in [1.54, 1.807) is 42.5 Å². The minimum Gasteiger partial charge on any atom is -0.493 e. The maximum Gasteiger partial charge on any atom is 0.270 e. The second-order valence-corrected chi connectivity index (χ2v) is 9.79. The third-order valence-electron chi connectivity index (χ3n) is 5.40. The average Bonchev–Trinajstić information content (AvgIpc) is 2.88. The smallest absolute Gasteiger partial charge is 0.270 e. The fourth-order valence-electron chi connectivity index (χ4n) is 3.51. The number of ether oxygens (including phenoxy) is 2. The van der Waals surface area contributed by atoms with Gasteiger partial charge >= 0.3 is 0 Å². The third kappa shape index (κ3) is 5.65. The first-order chi connectivity index (χ1) is 18.1. The summed E-state index contributed by atoms with van der Waals surface area (Å²) < 4.78 is 11.8. The quantitative estimate of drug-likeness (QED) is 0.110. The number of hydrogen-bond donors (Lipinski definition) is 1. The minimum absolute atomic E-state index is 0.0234. The molecule has 0 aliphatic carbocycles. The van der Waals surface area contributed by atoms with Crippen molar-refractivity contribution in [2.45, 2.75) is 6.61 Å². The van der Waals surface area contributed by atoms with Crippen LogP contribution in [0.4, 0.5) is 11.4 Å². The predicted molar refractivity (Wildman–Crippen MR) is 151 cm³/mol. The van der Waals surface area contributed by atoms with Crippen molar-refractivity contribution in [3.8, 4) is 11.5 Å². The number of nitro groups is 1. The molecule has 3 aromatic carbocycles. The van der Waals surface area contributed by atoms with Crippen molar-refractivity contribution < 1.29 is 24.0 Å². The van der Waals surface area contributed by atoms with Crippen LogP contribution >= 0.6 is 51.3 Å². The summed E-state index contributed by atoms with van der Waals surface area (Å²) >= 11 is 21.1. The van der Waals surface area contributed by atoms with Crippen molar-refractivity contribution in [3.63, 3.8) is 0 Å². The highest BCUT2D eigenvalue weighted by Crippen LogP contribution is 2.37. The Hall–Kier alpha value is -3.51. The molecule has 0 spiro atoms. The molecule has 1 aliphatic rings. The summed E-state index contributed by atoms with van der Waals surface area (Å²) in [5.41, 5.74) is 1.17. The number of halogens is 3. The van der Waals surface area contributed by atoms with Gasteiger partial charge in [-0.05, 0) is 65.8 Å². The first-order valence-corrected chi connectivity index (χ1v) is 12.7. The van der Waals surface area contributed by atoms with Crippen LogP contribution in [0.2, 0.25) is 10.0 Å². The van der Waals surface area contributed by atoms with E-state index in [1.165, 1.54) is 25.3 Å². The molecule has 0 unspecified atom stereocenters. The Bertz CT molecular complexity index is 1510. The van der Waals surface area contributed by atoms with Gasteiger partial charge in [0.1, 0.15) is 12.2 Å². The molecule has 9 nitrogen and oxygen atoms in total. The topological polar surface area (TPSA) is 111 Å². The number of amides is 2. The van der Waals surface area contributed by atoms with Gasteiger partial charge in [0.2, 0.25) is 0 Å². The summed E-state index contributed by atoms with van der Waals surface area (Å²) in [6, 6.07) is 13.9. The van der Waals surface area contributed by atoms with Crippen molar-refractivity contribution in [3.05, 3.63) is 95.9 Å². The van der Waals surface area contributed by atoms with Gasteiger partial charge in [-0.2, -0.15) is 0 Å². The first kappa shape index (κ1) is 27.5. The predicted octanol–water partition coefficient (Wildman–Crippen LogP) is 6.08. The van der Waals surface area contributed by atoms with E-state index in [0.29, 0.717) is 27.1 Å². The van der Waals surface area contributed by atoms with Crippen LogP contribution in [-0.2, 0) is 16.2 Å². The largest absolute Gasteiger partial charge is 0.493 e. The Morgan fingerprint density at radius 1 is 1.13 bits per heavy atom. The molecule has 3 aromatic rings. The maximum absolute atomic E-state index is 13.4. The third-order valence-corrected chi connectivity index (χ3v) is 7.18. The van der Waals surface area contributed by atoms with Gasteiger partial charge in [-0.3, -0.25) is 29.9 Å². The Kier molecular flexibility index (Phi) is 8.32. The zero-order valence-electron chi connectivity index (χ0n) is 19.4. The molecule has 194 valence electrons. The second kappa shape index (κ2) is 11.5. The number of benzene rings is 3. The van der Waals surface area contributed by atoms with Crippen LogP contribution < -0.4 is 19.7 Å². The number of carbonyl (C=O) groups excluding carboxylic acids is 2. The van der Waals surface area contributed by atoms with Crippen molar-refractivity contribution in [2.75, 3.05) is 12.0 Å². The Morgan fingerprint density at radius 3 is 2.50 bits per heavy atom. The van der Waals surface area contributed by atoms with Crippen LogP contribution in [0, 0.1) is 10.1 Å². The van der Waals surface area contributed by atoms with E-state index in [-0.39, 0.29) is 38.7 Å². The van der Waals surface area contributed by atoms with Crippen molar-refractivity contribution in [1.29, 1.82) is 0 Å². The zero-order valence-corrected chi connectivity index (χ0v) is 23.3. The zero-order chi connectivity index (χ0) is 27.6. The summed E-state index contributed by atoms with van der Waals surface area (Å²) in [5.74, 6) is -0.672. The lowest BCUT2D eigenvalue weighted by Crippen LogP contribution is -2.54. The highest BCUT2D eigenvalue weighted by atomic mass is 79.9. The van der Waals surface area contributed by atoms with Crippen LogP contribution in [-0.4, -0.2) is 29.0 Å². The molecule has 38 heavy (non-hydrogen) atoms. The van der Waals surface area contributed by atoms with Crippen molar-refractivity contribution >= 4 is 85.7 Å². The SMILES string of the molecule is COc1cc(/C=C2\C(=O)NC(=S)N(c3cccc(Cl)c3Cl)C2=O)c(Br)cc1OCc1ccc([N+](=O)[O-])cc1. The molecular formula is C25H16BrCl2N3O6S. The maximum atomic E-state index is 13.4. The van der Waals surface area contributed by atoms with Crippen LogP contribution in [0.25, 0.3) is 6.08 Å². The molecule has 0 radical (unpaired) electrons. The van der Waals surface area contributed by atoms with E-state index in [9.17, 15) is 19.7 Å². The van der Waals surface area contributed by atoms with E-state index in [1.807, 2.05) is 0 Å². The average molecular weight is 637 g/mol. The van der Waals surface area contributed by atoms with Gasteiger partial charge in [-0.1, -0.05) is 45.2 Å². The van der Waals surface area contributed by atoms with Crippen LogP contribution in [0.15, 0.2) is 64.6 Å². The summed E-state index contributed by atoms with van der Waals surface area (Å²) in [6.45, 7) is 0.120. The summed E-state index contributed by atoms with van der Waals surface area (Å²) in [4.78, 5) is 37.6. The highest BCUT2D eigenvalue weighted by Gasteiger charge is 2.36. The standard InChI is InChI=1S/C25H16BrCl2N3O6S/c1-36-20-10-14(17(26)11-21(20)37-12-13-5-7-15(8-6-13)31(34)35)9-16-23(32)29-25(38)30(24(16)33)19-4-2-3-18(27)22(19)28/h2-11H,12H2,1H3,(H,29,32,38)/b16-9+. The lowest BCUT2D eigenvalue weighted by Gasteiger charge is -2.29. The number of nitrogens with one attached hydrogen (secondary N) is 1. The van der Waals surface area contributed by atoms with Crippen LogP contribution in [0.1, 0.15) is 11.1 Å². The molecule has 0 atom stereocenters. The number of rotatable bonds is 7. The molecule has 1 fully saturated rings. The lowest BCUT2D eigenvalue weighted by atomic mass is 10.1. The van der Waals surface area contributed by atoms with E-state index in [0.717, 1.165) is 4.90 Å². The number of methoxy groups -OCH3 is 1. The normalized spacial score (nSPS) is 14.5. The Balaban J connectivity index is 1.63. The van der Waals surface area contributed by atoms with Crippen molar-refractivity contribution in [1.82, 2.24) is 5.32 Å². The van der Waals surface area contributed by atoms with E-state index >= 15 is 0 Å². The fourth-order valence-corrected chi connectivity index (χ4v) is 4.60. The lowest BCUT2D eigenvalue weighted by molar-refractivity contribution is -0.384. The summed E-state index contributed by atoms with van der Waals surface area (Å²) in [7, 11) is 1.44. The van der Waals surface area contributed by atoms with Crippen LogP contribution in [0.5, 0.6) is 11.5 Å². The van der Waals surface area contributed by atoms with E-state index in [2.05, 4.69) is 21.2 Å². The molecular weight excluding hydrogens is 621 g/mol. The number of non-ortho nitro benzene ring substituents is 1. The van der Waals surface area contributed by atoms with Gasteiger partial charge in [-0.25, -0.2) is 0 Å².